The average Bonchev–Trinajstić information content (AvgIpc) is 3.64. The zero-order valence-electron chi connectivity index (χ0n) is 18.1. The Labute approximate surface area is 190 Å². The van der Waals surface area contributed by atoms with E-state index >= 15 is 0 Å². The highest BCUT2D eigenvalue weighted by molar-refractivity contribution is 7.93. The minimum atomic E-state index is -3.67. The SMILES string of the molecule is COc1cnc2c(Nc3cnc(F)c([C@@H]4CS(=O)(=O)[C@@](C)(C5CC5)C(=N)N4)c3)nccc2c1. The van der Waals surface area contributed by atoms with Crippen LogP contribution in [0.4, 0.5) is 15.9 Å². The molecule has 3 aromatic heterocycles. The van der Waals surface area contributed by atoms with E-state index in [1.165, 1.54) is 12.3 Å². The van der Waals surface area contributed by atoms with E-state index in [0.717, 1.165) is 18.2 Å². The predicted octanol–water partition coefficient (Wildman–Crippen LogP) is 3.12. The van der Waals surface area contributed by atoms with Gasteiger partial charge in [0, 0.05) is 17.1 Å². The molecule has 33 heavy (non-hydrogen) atoms. The van der Waals surface area contributed by atoms with Crippen LogP contribution in [0.5, 0.6) is 5.75 Å². The summed E-state index contributed by atoms with van der Waals surface area (Å²) in [6, 6.07) is 4.20. The smallest absolute Gasteiger partial charge is 0.218 e. The van der Waals surface area contributed by atoms with Crippen LogP contribution in [0.1, 0.15) is 31.4 Å². The second-order valence-electron chi connectivity index (χ2n) is 8.57. The number of hydrogen-bond acceptors (Lipinski definition) is 8. The maximum Gasteiger partial charge on any atom is 0.218 e. The molecule has 1 aliphatic heterocycles. The van der Waals surface area contributed by atoms with Gasteiger partial charge in [0.1, 0.15) is 21.8 Å². The van der Waals surface area contributed by atoms with Crippen molar-refractivity contribution in [3.8, 4) is 5.75 Å². The minimum Gasteiger partial charge on any atom is -0.495 e. The molecule has 4 heterocycles. The molecule has 0 unspecified atom stereocenters. The molecule has 172 valence electrons. The molecule has 0 spiro atoms. The van der Waals surface area contributed by atoms with Crippen LogP contribution in [0, 0.1) is 17.3 Å². The van der Waals surface area contributed by atoms with Gasteiger partial charge < -0.3 is 15.4 Å². The number of amidine groups is 1. The summed E-state index contributed by atoms with van der Waals surface area (Å²) < 4.78 is 44.8. The number of methoxy groups -OCH3 is 1. The number of nitrogens with one attached hydrogen (secondary N) is 3. The molecule has 5 rings (SSSR count). The van der Waals surface area contributed by atoms with Crippen molar-refractivity contribution >= 4 is 38.1 Å². The van der Waals surface area contributed by atoms with Gasteiger partial charge in [0.15, 0.2) is 15.7 Å². The number of nitrogens with zero attached hydrogens (tertiary/aromatic N) is 3. The van der Waals surface area contributed by atoms with Crippen molar-refractivity contribution in [2.75, 3.05) is 18.2 Å². The Bertz CT molecular complexity index is 1380. The van der Waals surface area contributed by atoms with E-state index in [1.54, 1.807) is 32.5 Å². The highest BCUT2D eigenvalue weighted by Crippen LogP contribution is 2.47. The molecule has 1 aliphatic carbocycles. The molecule has 1 saturated carbocycles. The Morgan fingerprint density at radius 2 is 2.03 bits per heavy atom. The van der Waals surface area contributed by atoms with E-state index in [-0.39, 0.29) is 23.1 Å². The van der Waals surface area contributed by atoms with E-state index in [2.05, 4.69) is 25.6 Å². The Balaban J connectivity index is 1.46. The first-order chi connectivity index (χ1) is 15.7. The third kappa shape index (κ3) is 3.56. The van der Waals surface area contributed by atoms with Crippen molar-refractivity contribution in [1.29, 1.82) is 5.41 Å². The lowest BCUT2D eigenvalue weighted by molar-refractivity contribution is 0.414. The van der Waals surface area contributed by atoms with E-state index < -0.39 is 26.6 Å². The number of fused-ring (bicyclic) bond motifs is 1. The third-order valence-electron chi connectivity index (χ3n) is 6.52. The Kier molecular flexibility index (Phi) is 4.96. The topological polar surface area (TPSA) is 130 Å². The second-order valence-corrected chi connectivity index (χ2v) is 11.0. The average molecular weight is 471 g/mol. The third-order valence-corrected chi connectivity index (χ3v) is 9.12. The van der Waals surface area contributed by atoms with Gasteiger partial charge in [0.05, 0.1) is 37.0 Å². The lowest BCUT2D eigenvalue weighted by atomic mass is 10.0. The van der Waals surface area contributed by atoms with Gasteiger partial charge >= 0.3 is 0 Å². The predicted molar refractivity (Wildman–Crippen MR) is 122 cm³/mol. The standard InChI is InChI=1S/C22H23FN6O3S/c1-22(13-3-4-13)21(24)29-17(11-33(22,30)31)16-8-14(9-27-19(16)23)28-20-18-12(5-6-25-20)7-15(32-2)10-26-18/h5-10,13,17H,3-4,11H2,1-2H3,(H2,24,29)(H,25,28)/t17-,22-/m0/s1. The van der Waals surface area contributed by atoms with Crippen LogP contribution in [0.15, 0.2) is 36.8 Å². The lowest BCUT2D eigenvalue weighted by Crippen LogP contribution is -2.59. The lowest BCUT2D eigenvalue weighted by Gasteiger charge is -2.39. The number of aromatic nitrogens is 3. The molecular weight excluding hydrogens is 447 g/mol. The summed E-state index contributed by atoms with van der Waals surface area (Å²) in [7, 11) is -2.11. The number of ether oxygens (including phenoxy) is 1. The van der Waals surface area contributed by atoms with E-state index in [1.807, 2.05) is 6.07 Å². The molecular formula is C22H23FN6O3S. The number of rotatable bonds is 5. The van der Waals surface area contributed by atoms with Gasteiger partial charge in [-0.05, 0) is 43.9 Å². The molecule has 0 bridgehead atoms. The number of pyridine rings is 3. The zero-order valence-corrected chi connectivity index (χ0v) is 18.9. The van der Waals surface area contributed by atoms with Gasteiger partial charge in [0.25, 0.3) is 0 Å². The van der Waals surface area contributed by atoms with E-state index in [0.29, 0.717) is 22.8 Å². The monoisotopic (exact) mass is 470 g/mol. The van der Waals surface area contributed by atoms with Crippen molar-refractivity contribution in [3.05, 3.63) is 48.3 Å². The van der Waals surface area contributed by atoms with Gasteiger partial charge in [-0.2, -0.15) is 4.39 Å². The van der Waals surface area contributed by atoms with Gasteiger partial charge in [-0.15, -0.1) is 0 Å². The molecule has 2 fully saturated rings. The summed E-state index contributed by atoms with van der Waals surface area (Å²) >= 11 is 0. The normalized spacial score (nSPS) is 24.3. The van der Waals surface area contributed by atoms with Gasteiger partial charge in [-0.25, -0.2) is 23.4 Å². The minimum absolute atomic E-state index is 0.0667. The second kappa shape index (κ2) is 7.62. The zero-order chi connectivity index (χ0) is 23.4. The number of hydrogen-bond donors (Lipinski definition) is 3. The fourth-order valence-electron chi connectivity index (χ4n) is 4.32. The summed E-state index contributed by atoms with van der Waals surface area (Å²) in [6.07, 6.45) is 6.04. The molecule has 11 heteroatoms. The fourth-order valence-corrected chi connectivity index (χ4v) is 6.49. The number of sulfone groups is 1. The summed E-state index contributed by atoms with van der Waals surface area (Å²) in [5.74, 6) is -0.206. The number of halogens is 1. The Hall–Kier alpha value is -3.34. The molecule has 9 nitrogen and oxygen atoms in total. The van der Waals surface area contributed by atoms with Crippen LogP contribution >= 0.6 is 0 Å². The van der Waals surface area contributed by atoms with Gasteiger partial charge in [0.2, 0.25) is 5.95 Å². The van der Waals surface area contributed by atoms with Crippen molar-refractivity contribution in [1.82, 2.24) is 20.3 Å². The molecule has 0 radical (unpaired) electrons. The molecule has 3 N–H and O–H groups in total. The molecule has 0 amide bonds. The Morgan fingerprint density at radius 3 is 2.73 bits per heavy atom. The highest BCUT2D eigenvalue weighted by atomic mass is 32.2. The maximum atomic E-state index is 14.7. The fraction of sp³-hybridized carbons (Fsp3) is 0.364. The van der Waals surface area contributed by atoms with Crippen molar-refractivity contribution in [3.63, 3.8) is 0 Å². The van der Waals surface area contributed by atoms with Crippen LogP contribution < -0.4 is 15.4 Å². The summed E-state index contributed by atoms with van der Waals surface area (Å²) in [6.45, 7) is 1.59. The van der Waals surface area contributed by atoms with Crippen molar-refractivity contribution in [2.45, 2.75) is 30.6 Å². The van der Waals surface area contributed by atoms with Crippen LogP contribution in [0.25, 0.3) is 10.9 Å². The van der Waals surface area contributed by atoms with Gasteiger partial charge in [-0.3, -0.25) is 5.41 Å². The Morgan fingerprint density at radius 1 is 1.24 bits per heavy atom. The van der Waals surface area contributed by atoms with Crippen LogP contribution in [0.2, 0.25) is 0 Å². The maximum absolute atomic E-state index is 14.7. The summed E-state index contributed by atoms with van der Waals surface area (Å²) in [4.78, 5) is 12.5. The largest absolute Gasteiger partial charge is 0.495 e. The first kappa shape index (κ1) is 21.5. The van der Waals surface area contributed by atoms with Crippen LogP contribution in [0.3, 0.4) is 0 Å². The highest BCUT2D eigenvalue weighted by Gasteiger charge is 2.57. The first-order valence-electron chi connectivity index (χ1n) is 10.5. The summed E-state index contributed by atoms with van der Waals surface area (Å²) in [5, 5.41) is 15.2. The van der Waals surface area contributed by atoms with E-state index in [9.17, 15) is 12.8 Å². The molecule has 1 saturated heterocycles. The molecule has 0 aromatic carbocycles. The quantitative estimate of drug-likeness (QED) is 0.485. The van der Waals surface area contributed by atoms with Crippen LogP contribution in [-0.4, -0.2) is 46.8 Å². The van der Waals surface area contributed by atoms with E-state index in [4.69, 9.17) is 10.1 Å². The summed E-state index contributed by atoms with van der Waals surface area (Å²) in [5.41, 5.74) is 1.08. The molecule has 2 aliphatic rings. The number of anilines is 2. The molecule has 3 aromatic rings. The van der Waals surface area contributed by atoms with Gasteiger partial charge in [-0.1, -0.05) is 0 Å². The van der Waals surface area contributed by atoms with Crippen molar-refractivity contribution < 1.29 is 17.5 Å². The first-order valence-corrected chi connectivity index (χ1v) is 12.2. The molecule has 2 atom stereocenters. The van der Waals surface area contributed by atoms with Crippen molar-refractivity contribution in [2.24, 2.45) is 5.92 Å². The van der Waals surface area contributed by atoms with Crippen LogP contribution in [-0.2, 0) is 9.84 Å².